The van der Waals surface area contributed by atoms with E-state index < -0.39 is 0 Å². The largest absolute Gasteiger partial charge is 0.311 e. The molecule has 4 aromatic rings. The van der Waals surface area contributed by atoms with Crippen molar-refractivity contribution < 1.29 is 4.79 Å². The number of aliphatic imine (C=N–C) groups is 1. The van der Waals surface area contributed by atoms with Crippen LogP contribution >= 0.6 is 11.8 Å². The molecule has 1 aliphatic carbocycles. The highest BCUT2D eigenvalue weighted by Crippen LogP contribution is 2.35. The van der Waals surface area contributed by atoms with Crippen LogP contribution in [0.4, 0.5) is 0 Å². The number of benzene rings is 2. The van der Waals surface area contributed by atoms with Crippen molar-refractivity contribution in [1.82, 2.24) is 15.3 Å². The van der Waals surface area contributed by atoms with Gasteiger partial charge in [-0.3, -0.25) is 15.0 Å². The Hall–Kier alpha value is -3.87. The van der Waals surface area contributed by atoms with E-state index in [1.165, 1.54) is 27.8 Å². The fourth-order valence-electron chi connectivity index (χ4n) is 4.23. The number of aromatic nitrogens is 2. The van der Waals surface area contributed by atoms with Crippen molar-refractivity contribution in [3.63, 3.8) is 0 Å². The number of nitrogens with zero attached hydrogens (tertiary/aromatic N) is 3. The zero-order valence-corrected chi connectivity index (χ0v) is 23.4. The predicted octanol–water partition coefficient (Wildman–Crippen LogP) is 6.99. The third-order valence-electron chi connectivity index (χ3n) is 6.39. The number of allylic oxidation sites excluding steroid dienone is 1. The number of carbonyl (C=O) groups is 1. The summed E-state index contributed by atoms with van der Waals surface area (Å²) in [5.74, 6) is 1.50. The summed E-state index contributed by atoms with van der Waals surface area (Å²) in [5.41, 5.74) is 7.31. The standard InChI is InChI=1S/C17H19N3S.C11H12O.C5H5N/c1-18-13-21-12-17(19-2)11-14-3-5-15(6-4-14)16-7-9-20-10-8-16;1-8-10(7-12)6-9-4-2-3-5-11(8)9;1-2-4-6-5-3-1/h3-10,12,18H,2,11,13H2,1H3;2-5,7-8,10H,6H2,1H3;1-5H/b17-12-;;. The SMILES string of the molecule is C=N/C(=C\SCNC)Cc1ccc(-c2ccncc2)cc1.CC1c2ccccc2CC1C=O.c1ccncc1. The Balaban J connectivity index is 0.000000193. The molecule has 0 amide bonds. The normalized spacial score (nSPS) is 15.6. The third kappa shape index (κ3) is 9.74. The summed E-state index contributed by atoms with van der Waals surface area (Å²) >= 11 is 1.69. The first-order chi connectivity index (χ1) is 19.2. The lowest BCUT2D eigenvalue weighted by molar-refractivity contribution is -0.111. The second kappa shape index (κ2) is 16.9. The lowest BCUT2D eigenvalue weighted by Gasteiger charge is -2.07. The van der Waals surface area contributed by atoms with Crippen LogP contribution < -0.4 is 5.32 Å². The van der Waals surface area contributed by atoms with Crippen LogP contribution in [-0.4, -0.2) is 35.9 Å². The van der Waals surface area contributed by atoms with Crippen LogP contribution in [0.1, 0.15) is 29.5 Å². The number of carbonyl (C=O) groups excluding carboxylic acids is 1. The highest BCUT2D eigenvalue weighted by Gasteiger charge is 2.27. The van der Waals surface area contributed by atoms with Crippen molar-refractivity contribution in [2.75, 3.05) is 12.9 Å². The van der Waals surface area contributed by atoms with Gasteiger partial charge in [0.05, 0.1) is 5.70 Å². The molecule has 0 fully saturated rings. The van der Waals surface area contributed by atoms with Gasteiger partial charge in [-0.05, 0) is 83.6 Å². The first-order valence-electron chi connectivity index (χ1n) is 13.0. The molecule has 0 saturated carbocycles. The van der Waals surface area contributed by atoms with E-state index in [0.29, 0.717) is 5.92 Å². The number of thioether (sulfide) groups is 1. The smallest absolute Gasteiger partial charge is 0.124 e. The van der Waals surface area contributed by atoms with Gasteiger partial charge in [-0.1, -0.05) is 61.5 Å². The number of fused-ring (bicyclic) bond motifs is 1. The summed E-state index contributed by atoms with van der Waals surface area (Å²) in [7, 11) is 1.93. The summed E-state index contributed by atoms with van der Waals surface area (Å²) in [5, 5.41) is 5.14. The van der Waals surface area contributed by atoms with E-state index in [4.69, 9.17) is 0 Å². The molecule has 5 nitrogen and oxygen atoms in total. The Morgan fingerprint density at radius 2 is 1.62 bits per heavy atom. The number of pyridine rings is 2. The van der Waals surface area contributed by atoms with Gasteiger partial charge in [0.1, 0.15) is 6.29 Å². The number of aldehydes is 1. The van der Waals surface area contributed by atoms with Crippen LogP contribution in [0.15, 0.2) is 120 Å². The van der Waals surface area contributed by atoms with Gasteiger partial charge in [-0.15, -0.1) is 11.8 Å². The van der Waals surface area contributed by atoms with Crippen molar-refractivity contribution in [1.29, 1.82) is 0 Å². The monoisotopic (exact) mass is 536 g/mol. The van der Waals surface area contributed by atoms with Crippen LogP contribution in [0.25, 0.3) is 11.1 Å². The average Bonchev–Trinajstić information content (AvgIpc) is 3.34. The van der Waals surface area contributed by atoms with Gasteiger partial charge in [0, 0.05) is 43.0 Å². The van der Waals surface area contributed by atoms with Gasteiger partial charge in [0.25, 0.3) is 0 Å². The summed E-state index contributed by atoms with van der Waals surface area (Å²) in [4.78, 5) is 22.6. The lowest BCUT2D eigenvalue weighted by Crippen LogP contribution is -2.04. The second-order valence-electron chi connectivity index (χ2n) is 9.06. The zero-order valence-electron chi connectivity index (χ0n) is 22.6. The minimum Gasteiger partial charge on any atom is -0.311 e. The van der Waals surface area contributed by atoms with E-state index in [-0.39, 0.29) is 5.92 Å². The van der Waals surface area contributed by atoms with Crippen molar-refractivity contribution in [3.8, 4) is 11.1 Å². The molecular weight excluding hydrogens is 500 g/mol. The van der Waals surface area contributed by atoms with E-state index in [1.807, 2.05) is 61.9 Å². The molecule has 2 heterocycles. The van der Waals surface area contributed by atoms with Gasteiger partial charge in [-0.25, -0.2) is 0 Å². The highest BCUT2D eigenvalue weighted by molar-refractivity contribution is 8.02. The average molecular weight is 537 g/mol. The van der Waals surface area contributed by atoms with Gasteiger partial charge >= 0.3 is 0 Å². The highest BCUT2D eigenvalue weighted by atomic mass is 32.2. The molecule has 1 N–H and O–H groups in total. The van der Waals surface area contributed by atoms with E-state index in [9.17, 15) is 4.79 Å². The Bertz CT molecular complexity index is 1270. The molecule has 0 aliphatic heterocycles. The van der Waals surface area contributed by atoms with Gasteiger partial charge < -0.3 is 10.1 Å². The number of hydrogen-bond donors (Lipinski definition) is 1. The Morgan fingerprint density at radius 1 is 0.949 bits per heavy atom. The van der Waals surface area contributed by atoms with Crippen LogP contribution in [0.2, 0.25) is 0 Å². The van der Waals surface area contributed by atoms with E-state index in [0.717, 1.165) is 30.7 Å². The summed E-state index contributed by atoms with van der Waals surface area (Å²) < 4.78 is 0. The Kier molecular flexibility index (Phi) is 12.8. The molecule has 0 radical (unpaired) electrons. The minimum atomic E-state index is 0.211. The fourth-order valence-corrected chi connectivity index (χ4v) is 4.83. The van der Waals surface area contributed by atoms with Crippen molar-refractivity contribution in [2.45, 2.75) is 25.7 Å². The molecular formula is C33H36N4OS. The van der Waals surface area contributed by atoms with Gasteiger partial charge in [0.15, 0.2) is 0 Å². The van der Waals surface area contributed by atoms with E-state index in [2.05, 4.69) is 75.7 Å². The second-order valence-corrected chi connectivity index (χ2v) is 9.92. The molecule has 2 atom stereocenters. The Labute approximate surface area is 236 Å². The molecule has 2 unspecified atom stereocenters. The van der Waals surface area contributed by atoms with Crippen molar-refractivity contribution in [2.24, 2.45) is 10.9 Å². The number of hydrogen-bond acceptors (Lipinski definition) is 6. The van der Waals surface area contributed by atoms with Crippen LogP contribution in [0.3, 0.4) is 0 Å². The topological polar surface area (TPSA) is 67.2 Å². The third-order valence-corrected chi connectivity index (χ3v) is 7.28. The fraction of sp³-hybridized carbons (Fsp3) is 0.212. The molecule has 0 spiro atoms. The molecule has 2 aromatic heterocycles. The van der Waals surface area contributed by atoms with E-state index >= 15 is 0 Å². The maximum atomic E-state index is 10.7. The van der Waals surface area contributed by atoms with Crippen molar-refractivity contribution in [3.05, 3.63) is 131 Å². The molecule has 200 valence electrons. The van der Waals surface area contributed by atoms with Crippen molar-refractivity contribution >= 4 is 24.8 Å². The van der Waals surface area contributed by atoms with Gasteiger partial charge in [-0.2, -0.15) is 0 Å². The van der Waals surface area contributed by atoms with Crippen LogP contribution in [-0.2, 0) is 17.6 Å². The summed E-state index contributed by atoms with van der Waals surface area (Å²) in [6.45, 7) is 5.77. The molecule has 5 rings (SSSR count). The first-order valence-corrected chi connectivity index (χ1v) is 14.0. The lowest BCUT2D eigenvalue weighted by atomic mass is 9.96. The first kappa shape index (κ1) is 29.7. The summed E-state index contributed by atoms with van der Waals surface area (Å²) in [6.07, 6.45) is 9.94. The zero-order chi connectivity index (χ0) is 27.7. The summed E-state index contributed by atoms with van der Waals surface area (Å²) in [6, 6.07) is 26.6. The molecule has 6 heteroatoms. The predicted molar refractivity (Wildman–Crippen MR) is 165 cm³/mol. The molecule has 1 aliphatic rings. The molecule has 2 aromatic carbocycles. The van der Waals surface area contributed by atoms with E-state index in [1.54, 1.807) is 24.2 Å². The molecule has 0 saturated heterocycles. The number of nitrogens with one attached hydrogen (secondary N) is 1. The van der Waals surface area contributed by atoms with Crippen LogP contribution in [0.5, 0.6) is 0 Å². The Morgan fingerprint density at radius 3 is 2.18 bits per heavy atom. The number of rotatable bonds is 8. The quantitative estimate of drug-likeness (QED) is 0.114. The molecule has 39 heavy (non-hydrogen) atoms. The van der Waals surface area contributed by atoms with Gasteiger partial charge in [0.2, 0.25) is 0 Å². The maximum absolute atomic E-state index is 10.7. The maximum Gasteiger partial charge on any atom is 0.124 e. The molecule has 0 bridgehead atoms. The van der Waals surface area contributed by atoms with Crippen LogP contribution in [0, 0.1) is 5.92 Å². The minimum absolute atomic E-state index is 0.211.